The van der Waals surface area contributed by atoms with Gasteiger partial charge in [0.2, 0.25) is 5.71 Å². The highest BCUT2D eigenvalue weighted by molar-refractivity contribution is 6.03. The Morgan fingerprint density at radius 3 is 2.02 bits per heavy atom. The van der Waals surface area contributed by atoms with Gasteiger partial charge in [0.1, 0.15) is 16.7 Å². The van der Waals surface area contributed by atoms with Crippen molar-refractivity contribution in [2.45, 2.75) is 18.3 Å². The lowest BCUT2D eigenvalue weighted by atomic mass is 9.65. The van der Waals surface area contributed by atoms with E-state index in [0.29, 0.717) is 0 Å². The Hall–Kier alpha value is -7.30. The van der Waals surface area contributed by atoms with Crippen LogP contribution in [0.3, 0.4) is 0 Å². The van der Waals surface area contributed by atoms with E-state index in [-0.39, 0.29) is 0 Å². The van der Waals surface area contributed by atoms with Crippen LogP contribution in [0.15, 0.2) is 198 Å². The van der Waals surface area contributed by atoms with Gasteiger partial charge < -0.3 is 4.42 Å². The molecule has 0 radical (unpaired) electrons. The number of rotatable bonds is 5. The van der Waals surface area contributed by atoms with Crippen LogP contribution in [0.4, 0.5) is 0 Å². The van der Waals surface area contributed by atoms with Crippen molar-refractivity contribution in [1.82, 2.24) is 14.4 Å². The predicted molar refractivity (Wildman–Crippen MR) is 232 cm³/mol. The quantitative estimate of drug-likeness (QED) is 0.177. The molecular formula is C53H35N3O. The maximum atomic E-state index is 6.26. The van der Waals surface area contributed by atoms with E-state index in [9.17, 15) is 0 Å². The third-order valence-electron chi connectivity index (χ3n) is 12.3. The maximum Gasteiger partial charge on any atom is 0.232 e. The molecule has 0 fully saturated rings. The standard InChI is InChI=1S/C53H35N3O/c1-3-11-42(12-4-1)53(43-13-5-2-6-14-43)47-30-38(21-24-44(47)45-25-22-39(31-48(45)53)40-10-9-27-54-32-40)36-18-17-35-29-37(20-19-34(35)28-36)41-23-26-50-55-51-46-15-7-8-16-49(46)57-52(51)56(50)33-41/h1-5,7-13,15-33H,6,14H2. The van der Waals surface area contributed by atoms with Crippen molar-refractivity contribution < 1.29 is 4.42 Å². The van der Waals surface area contributed by atoms with Crippen molar-refractivity contribution in [3.63, 3.8) is 0 Å². The zero-order chi connectivity index (χ0) is 37.5. The zero-order valence-corrected chi connectivity index (χ0v) is 31.1. The van der Waals surface area contributed by atoms with Crippen molar-refractivity contribution in [2.75, 3.05) is 0 Å². The molecular weight excluding hydrogens is 695 g/mol. The number of allylic oxidation sites excluding steroid dienone is 4. The summed E-state index contributed by atoms with van der Waals surface area (Å²) in [5, 5.41) is 3.44. The first-order valence-corrected chi connectivity index (χ1v) is 19.7. The first-order valence-electron chi connectivity index (χ1n) is 19.7. The summed E-state index contributed by atoms with van der Waals surface area (Å²) in [7, 11) is 0. The number of aromatic nitrogens is 3. The molecule has 1 atom stereocenters. The molecule has 4 heteroatoms. The predicted octanol–water partition coefficient (Wildman–Crippen LogP) is 13.4. The number of fused-ring (bicyclic) bond motifs is 9. The molecule has 12 rings (SSSR count). The van der Waals surface area contributed by atoms with E-state index >= 15 is 0 Å². The van der Waals surface area contributed by atoms with Gasteiger partial charge in [-0.25, -0.2) is 4.98 Å². The van der Waals surface area contributed by atoms with Crippen molar-refractivity contribution >= 4 is 38.6 Å². The number of para-hydroxylation sites is 1. The molecule has 2 aliphatic carbocycles. The molecule has 4 aromatic heterocycles. The van der Waals surface area contributed by atoms with E-state index < -0.39 is 5.41 Å². The number of imidazole rings is 1. The number of benzene rings is 6. The summed E-state index contributed by atoms with van der Waals surface area (Å²) >= 11 is 0. The summed E-state index contributed by atoms with van der Waals surface area (Å²) in [6.07, 6.45) is 14.9. The summed E-state index contributed by atoms with van der Waals surface area (Å²) < 4.78 is 8.32. The first kappa shape index (κ1) is 32.0. The fraction of sp³-hybridized carbons (Fsp3) is 0.0566. The Labute approximate surface area is 329 Å². The molecule has 268 valence electrons. The molecule has 0 amide bonds. The molecule has 4 heterocycles. The van der Waals surface area contributed by atoms with E-state index in [0.717, 1.165) is 57.4 Å². The lowest BCUT2D eigenvalue weighted by Crippen LogP contribution is -2.30. The van der Waals surface area contributed by atoms with Gasteiger partial charge in [-0.2, -0.15) is 0 Å². The molecule has 0 N–H and O–H groups in total. The van der Waals surface area contributed by atoms with E-state index in [1.807, 2.05) is 36.7 Å². The van der Waals surface area contributed by atoms with Crippen molar-refractivity contribution in [1.29, 1.82) is 0 Å². The van der Waals surface area contributed by atoms with Crippen molar-refractivity contribution in [3.8, 4) is 44.5 Å². The van der Waals surface area contributed by atoms with Gasteiger partial charge in [-0.1, -0.05) is 121 Å². The number of furan rings is 1. The zero-order valence-electron chi connectivity index (χ0n) is 31.1. The number of pyridine rings is 2. The van der Waals surface area contributed by atoms with Crippen LogP contribution in [0, 0.1) is 0 Å². The van der Waals surface area contributed by atoms with E-state index in [4.69, 9.17) is 9.40 Å². The molecule has 6 aromatic carbocycles. The van der Waals surface area contributed by atoms with Crippen LogP contribution in [0.2, 0.25) is 0 Å². The van der Waals surface area contributed by atoms with E-state index in [1.54, 1.807) is 0 Å². The average Bonchev–Trinajstić information content (AvgIpc) is 3.93. The minimum atomic E-state index is -0.430. The fourth-order valence-electron chi connectivity index (χ4n) is 9.59. The maximum absolute atomic E-state index is 6.26. The molecule has 1 unspecified atom stereocenters. The molecule has 2 aliphatic rings. The molecule has 0 aliphatic heterocycles. The third kappa shape index (κ3) is 4.80. The Morgan fingerprint density at radius 2 is 1.28 bits per heavy atom. The van der Waals surface area contributed by atoms with Crippen molar-refractivity contribution in [2.24, 2.45) is 0 Å². The van der Waals surface area contributed by atoms with Crippen LogP contribution < -0.4 is 0 Å². The fourth-order valence-corrected chi connectivity index (χ4v) is 9.59. The Bertz CT molecular complexity index is 3300. The van der Waals surface area contributed by atoms with Crippen LogP contribution in [-0.2, 0) is 5.41 Å². The highest BCUT2D eigenvalue weighted by Gasteiger charge is 2.47. The van der Waals surface area contributed by atoms with Crippen LogP contribution in [0.25, 0.3) is 83.1 Å². The Kier molecular flexibility index (Phi) is 6.93. The number of hydrogen-bond acceptors (Lipinski definition) is 3. The third-order valence-corrected chi connectivity index (χ3v) is 12.3. The second kappa shape index (κ2) is 12.4. The molecule has 0 saturated heterocycles. The Morgan fingerprint density at radius 1 is 0.596 bits per heavy atom. The van der Waals surface area contributed by atoms with Gasteiger partial charge in [0.25, 0.3) is 0 Å². The SMILES string of the molecule is C1=CCCC(C2(c3ccccc3)c3cc(-c4cccnc4)ccc3-c3ccc(-c4ccc5cc(-c6ccc7nc8c9ccccc9oc8n7c6)ccc5c4)cc32)=C1. The van der Waals surface area contributed by atoms with E-state index in [1.165, 1.54) is 60.9 Å². The molecule has 4 nitrogen and oxygen atoms in total. The van der Waals surface area contributed by atoms with Gasteiger partial charge in [0.15, 0.2) is 0 Å². The second-order valence-electron chi connectivity index (χ2n) is 15.3. The smallest absolute Gasteiger partial charge is 0.232 e. The largest absolute Gasteiger partial charge is 0.437 e. The van der Waals surface area contributed by atoms with Gasteiger partial charge in [0, 0.05) is 24.0 Å². The molecule has 10 aromatic rings. The van der Waals surface area contributed by atoms with Crippen LogP contribution >= 0.6 is 0 Å². The number of hydrogen-bond donors (Lipinski definition) is 0. The average molecular weight is 730 g/mol. The van der Waals surface area contributed by atoms with Gasteiger partial charge in [0.05, 0.1) is 5.41 Å². The van der Waals surface area contributed by atoms with Crippen LogP contribution in [0.1, 0.15) is 29.5 Å². The molecule has 0 bridgehead atoms. The Balaban J connectivity index is 0.979. The summed E-state index contributed by atoms with van der Waals surface area (Å²) in [5.74, 6) is 0. The van der Waals surface area contributed by atoms with Crippen LogP contribution in [-0.4, -0.2) is 14.4 Å². The lowest BCUT2D eigenvalue weighted by Gasteiger charge is -2.37. The van der Waals surface area contributed by atoms with Gasteiger partial charge in [-0.15, -0.1) is 0 Å². The summed E-state index contributed by atoms with van der Waals surface area (Å²) in [6, 6.07) is 55.4. The highest BCUT2D eigenvalue weighted by Crippen LogP contribution is 2.58. The summed E-state index contributed by atoms with van der Waals surface area (Å²) in [5.41, 5.74) is 18.0. The monoisotopic (exact) mass is 729 g/mol. The molecule has 0 spiro atoms. The van der Waals surface area contributed by atoms with E-state index in [2.05, 4.69) is 161 Å². The summed E-state index contributed by atoms with van der Waals surface area (Å²) in [6.45, 7) is 0. The van der Waals surface area contributed by atoms with Gasteiger partial charge in [-0.05, 0) is 139 Å². The second-order valence-corrected chi connectivity index (χ2v) is 15.3. The van der Waals surface area contributed by atoms with Crippen LogP contribution in [0.5, 0.6) is 0 Å². The van der Waals surface area contributed by atoms with Gasteiger partial charge >= 0.3 is 0 Å². The molecule has 0 saturated carbocycles. The normalized spacial score (nSPS) is 16.0. The minimum Gasteiger partial charge on any atom is -0.437 e. The topological polar surface area (TPSA) is 43.3 Å². The first-order chi connectivity index (χ1) is 28.2. The summed E-state index contributed by atoms with van der Waals surface area (Å²) in [4.78, 5) is 9.35. The van der Waals surface area contributed by atoms with Crippen molar-refractivity contribution in [3.05, 3.63) is 211 Å². The lowest BCUT2D eigenvalue weighted by molar-refractivity contribution is 0.649. The highest BCUT2D eigenvalue weighted by atomic mass is 16.3. The minimum absolute atomic E-state index is 0.430. The van der Waals surface area contributed by atoms with Gasteiger partial charge in [-0.3, -0.25) is 9.38 Å². The number of nitrogens with zero attached hydrogens (tertiary/aromatic N) is 3. The molecule has 57 heavy (non-hydrogen) atoms.